The Labute approximate surface area is 113 Å². The van der Waals surface area contributed by atoms with Gasteiger partial charge >= 0.3 is 0 Å². The molecule has 102 valence electrons. The van der Waals surface area contributed by atoms with Crippen molar-refractivity contribution in [3.8, 4) is 0 Å². The first-order valence-electron chi connectivity index (χ1n) is 6.45. The molecule has 0 bridgehead atoms. The lowest BCUT2D eigenvalue weighted by Crippen LogP contribution is -2.20. The summed E-state index contributed by atoms with van der Waals surface area (Å²) in [5.41, 5.74) is 4.00. The van der Waals surface area contributed by atoms with Crippen molar-refractivity contribution in [2.45, 2.75) is 26.3 Å². The minimum Gasteiger partial charge on any atom is -0.313 e. The zero-order valence-corrected chi connectivity index (χ0v) is 11.9. The average Bonchev–Trinajstić information content (AvgIpc) is 2.63. The zero-order chi connectivity index (χ0) is 14.0. The van der Waals surface area contributed by atoms with Gasteiger partial charge in [0.2, 0.25) is 0 Å². The minimum atomic E-state index is -0.151. The molecule has 0 saturated carbocycles. The standard InChI is InChI=1S/C15H20FN3/c1-10-15(11(2)19(4)18-10)14(17-3)9-12-7-5-6-8-13(12)16/h5-8,14,17H,9H2,1-4H3. The van der Waals surface area contributed by atoms with Gasteiger partial charge in [-0.2, -0.15) is 5.10 Å². The number of rotatable bonds is 4. The molecule has 0 spiro atoms. The first-order chi connectivity index (χ1) is 9.04. The molecule has 0 aliphatic rings. The predicted molar refractivity (Wildman–Crippen MR) is 74.6 cm³/mol. The van der Waals surface area contributed by atoms with E-state index in [0.717, 1.165) is 22.5 Å². The third-order valence-electron chi connectivity index (χ3n) is 3.64. The molecule has 1 aromatic carbocycles. The van der Waals surface area contributed by atoms with Gasteiger partial charge in [-0.3, -0.25) is 4.68 Å². The van der Waals surface area contributed by atoms with Crippen LogP contribution in [0.15, 0.2) is 24.3 Å². The molecular weight excluding hydrogens is 241 g/mol. The summed E-state index contributed by atoms with van der Waals surface area (Å²) in [5, 5.41) is 7.70. The lowest BCUT2D eigenvalue weighted by atomic mass is 9.97. The monoisotopic (exact) mass is 261 g/mol. The predicted octanol–water partition coefficient (Wildman–Crippen LogP) is 2.68. The second-order valence-corrected chi connectivity index (χ2v) is 4.84. The maximum absolute atomic E-state index is 13.8. The lowest BCUT2D eigenvalue weighted by Gasteiger charge is -2.17. The molecule has 0 saturated heterocycles. The third-order valence-corrected chi connectivity index (χ3v) is 3.64. The number of halogens is 1. The SMILES string of the molecule is CNC(Cc1ccccc1F)c1c(C)nn(C)c1C. The summed E-state index contributed by atoms with van der Waals surface area (Å²) in [4.78, 5) is 0. The van der Waals surface area contributed by atoms with E-state index in [1.165, 1.54) is 6.07 Å². The molecule has 2 aromatic rings. The highest BCUT2D eigenvalue weighted by Crippen LogP contribution is 2.25. The van der Waals surface area contributed by atoms with Gasteiger partial charge in [0, 0.05) is 24.3 Å². The van der Waals surface area contributed by atoms with Crippen LogP contribution in [0.3, 0.4) is 0 Å². The summed E-state index contributed by atoms with van der Waals surface area (Å²) in [6, 6.07) is 7.00. The molecule has 3 nitrogen and oxygen atoms in total. The van der Waals surface area contributed by atoms with Gasteiger partial charge < -0.3 is 5.32 Å². The number of hydrogen-bond donors (Lipinski definition) is 1. The van der Waals surface area contributed by atoms with E-state index in [2.05, 4.69) is 10.4 Å². The first-order valence-corrected chi connectivity index (χ1v) is 6.45. The number of hydrogen-bond acceptors (Lipinski definition) is 2. The second-order valence-electron chi connectivity index (χ2n) is 4.84. The molecule has 1 aromatic heterocycles. The Morgan fingerprint density at radius 1 is 1.32 bits per heavy atom. The van der Waals surface area contributed by atoms with Crippen LogP contribution in [0.1, 0.15) is 28.6 Å². The van der Waals surface area contributed by atoms with E-state index >= 15 is 0 Å². The van der Waals surface area contributed by atoms with Gasteiger partial charge in [0.15, 0.2) is 0 Å². The van der Waals surface area contributed by atoms with Gasteiger partial charge in [0.25, 0.3) is 0 Å². The fourth-order valence-electron chi connectivity index (χ4n) is 2.53. The first kappa shape index (κ1) is 13.7. The van der Waals surface area contributed by atoms with E-state index in [4.69, 9.17) is 0 Å². The van der Waals surface area contributed by atoms with Gasteiger partial charge in [-0.15, -0.1) is 0 Å². The maximum Gasteiger partial charge on any atom is 0.126 e. The highest BCUT2D eigenvalue weighted by atomic mass is 19.1. The number of benzene rings is 1. The minimum absolute atomic E-state index is 0.0746. The molecule has 0 amide bonds. The van der Waals surface area contributed by atoms with Crippen LogP contribution in [-0.4, -0.2) is 16.8 Å². The van der Waals surface area contributed by atoms with Crippen LogP contribution < -0.4 is 5.32 Å². The van der Waals surface area contributed by atoms with Gasteiger partial charge in [0.1, 0.15) is 5.82 Å². The quantitative estimate of drug-likeness (QED) is 0.917. The van der Waals surface area contributed by atoms with E-state index in [9.17, 15) is 4.39 Å². The highest BCUT2D eigenvalue weighted by Gasteiger charge is 2.20. The van der Waals surface area contributed by atoms with Crippen molar-refractivity contribution in [3.63, 3.8) is 0 Å². The summed E-state index contributed by atoms with van der Waals surface area (Å²) >= 11 is 0. The molecule has 4 heteroatoms. The molecular formula is C15H20FN3. The normalized spacial score (nSPS) is 12.7. The smallest absolute Gasteiger partial charge is 0.126 e. The molecule has 1 unspecified atom stereocenters. The molecule has 0 aliphatic carbocycles. The fraction of sp³-hybridized carbons (Fsp3) is 0.400. The van der Waals surface area contributed by atoms with Crippen molar-refractivity contribution in [1.82, 2.24) is 15.1 Å². The highest BCUT2D eigenvalue weighted by molar-refractivity contribution is 5.30. The molecule has 1 N–H and O–H groups in total. The molecule has 0 radical (unpaired) electrons. The Kier molecular flexibility index (Phi) is 4.00. The summed E-state index contributed by atoms with van der Waals surface area (Å²) in [6.07, 6.45) is 0.622. The van der Waals surface area contributed by atoms with Gasteiger partial charge in [-0.25, -0.2) is 4.39 Å². The largest absolute Gasteiger partial charge is 0.313 e. The van der Waals surface area contributed by atoms with Crippen LogP contribution >= 0.6 is 0 Å². The zero-order valence-electron chi connectivity index (χ0n) is 11.9. The van der Waals surface area contributed by atoms with Crippen molar-refractivity contribution in [3.05, 3.63) is 52.6 Å². The van der Waals surface area contributed by atoms with Crippen molar-refractivity contribution in [1.29, 1.82) is 0 Å². The van der Waals surface area contributed by atoms with Crippen LogP contribution in [0.5, 0.6) is 0 Å². The van der Waals surface area contributed by atoms with Gasteiger partial charge in [-0.05, 0) is 38.9 Å². The molecule has 2 rings (SSSR count). The Bertz CT molecular complexity index is 575. The van der Waals surface area contributed by atoms with Crippen LogP contribution in [0.4, 0.5) is 4.39 Å². The van der Waals surface area contributed by atoms with E-state index in [1.807, 2.05) is 44.8 Å². The van der Waals surface area contributed by atoms with Crippen LogP contribution in [-0.2, 0) is 13.5 Å². The van der Waals surface area contributed by atoms with Crippen LogP contribution in [0.2, 0.25) is 0 Å². The molecule has 0 aliphatic heterocycles. The molecule has 0 fully saturated rings. The number of aromatic nitrogens is 2. The summed E-state index contributed by atoms with van der Waals surface area (Å²) < 4.78 is 15.6. The molecule has 1 atom stereocenters. The van der Waals surface area contributed by atoms with E-state index < -0.39 is 0 Å². The van der Waals surface area contributed by atoms with Crippen molar-refractivity contribution < 1.29 is 4.39 Å². The molecule has 1 heterocycles. The summed E-state index contributed by atoms with van der Waals surface area (Å²) in [5.74, 6) is -0.151. The Morgan fingerprint density at radius 3 is 2.53 bits per heavy atom. The maximum atomic E-state index is 13.8. The Balaban J connectivity index is 2.33. The van der Waals surface area contributed by atoms with Gasteiger partial charge in [0.05, 0.1) is 5.69 Å². The number of aryl methyl sites for hydroxylation is 2. The Morgan fingerprint density at radius 2 is 2.00 bits per heavy atom. The summed E-state index contributed by atoms with van der Waals surface area (Å²) in [7, 11) is 3.83. The molecule has 19 heavy (non-hydrogen) atoms. The van der Waals surface area contributed by atoms with E-state index in [1.54, 1.807) is 6.07 Å². The number of nitrogens with one attached hydrogen (secondary N) is 1. The fourth-order valence-corrected chi connectivity index (χ4v) is 2.53. The third kappa shape index (κ3) is 2.68. The van der Waals surface area contributed by atoms with Crippen molar-refractivity contribution in [2.75, 3.05) is 7.05 Å². The van der Waals surface area contributed by atoms with E-state index in [0.29, 0.717) is 6.42 Å². The topological polar surface area (TPSA) is 29.9 Å². The van der Waals surface area contributed by atoms with Crippen LogP contribution in [0, 0.1) is 19.7 Å². The van der Waals surface area contributed by atoms with Crippen molar-refractivity contribution >= 4 is 0 Å². The lowest BCUT2D eigenvalue weighted by molar-refractivity contribution is 0.550. The number of likely N-dealkylation sites (N-methyl/N-ethyl adjacent to an activating group) is 1. The van der Waals surface area contributed by atoms with E-state index in [-0.39, 0.29) is 11.9 Å². The summed E-state index contributed by atoms with van der Waals surface area (Å²) in [6.45, 7) is 4.04. The number of nitrogens with zero attached hydrogens (tertiary/aromatic N) is 2. The van der Waals surface area contributed by atoms with Crippen LogP contribution in [0.25, 0.3) is 0 Å². The van der Waals surface area contributed by atoms with Gasteiger partial charge in [-0.1, -0.05) is 18.2 Å². The second kappa shape index (κ2) is 5.53. The van der Waals surface area contributed by atoms with Crippen molar-refractivity contribution in [2.24, 2.45) is 7.05 Å². The average molecular weight is 261 g/mol. The Hall–Kier alpha value is -1.68.